The lowest BCUT2D eigenvalue weighted by atomic mass is 10.1. The van der Waals surface area contributed by atoms with E-state index in [1.807, 2.05) is 0 Å². The Kier molecular flexibility index (Phi) is 25.9. The number of alkyl halides is 6. The number of imidazole rings is 3. The highest BCUT2D eigenvalue weighted by Gasteiger charge is 2.59. The Bertz CT molecular complexity index is 6510. The molecule has 6 bridgehead atoms. The molecule has 21 heterocycles. The van der Waals surface area contributed by atoms with Gasteiger partial charge >= 0.3 is 40.3 Å². The molecule has 9 aliphatic rings. The fraction of sp³-hybridized carbons (Fsp3) is 0.526. The van der Waals surface area contributed by atoms with E-state index in [4.69, 9.17) is 188 Å². The van der Waals surface area contributed by atoms with Crippen molar-refractivity contribution in [1.82, 2.24) is 133 Å². The number of hydrogen-bond acceptors (Lipinski definition) is 51. The fourth-order valence-corrected chi connectivity index (χ4v) is 23.8. The molecule has 0 aliphatic carbocycles. The molecule has 9 fully saturated rings. The van der Waals surface area contributed by atoms with Crippen LogP contribution in [0.4, 0.5) is 61.6 Å². The molecule has 135 heavy (non-hydrogen) atoms. The summed E-state index contributed by atoms with van der Waals surface area (Å²) in [6.07, 6.45) is -33.2. The van der Waals surface area contributed by atoms with Gasteiger partial charge in [0, 0.05) is 0 Å². The van der Waals surface area contributed by atoms with Crippen LogP contribution in [0.1, 0.15) is 37.4 Å². The van der Waals surface area contributed by atoms with E-state index < -0.39 is 244 Å². The average molecular weight is 2130 g/mol. The summed E-state index contributed by atoms with van der Waals surface area (Å²) < 4.78 is 202. The zero-order valence-corrected chi connectivity index (χ0v) is 76.7. The summed E-state index contributed by atoms with van der Waals surface area (Å²) >= 11 is 30.8. The Morgan fingerprint density at radius 3 is 0.793 bits per heavy atom. The van der Waals surface area contributed by atoms with Gasteiger partial charge < -0.3 is 119 Å². The third-order valence-electron chi connectivity index (χ3n) is 21.3. The van der Waals surface area contributed by atoms with E-state index in [0.29, 0.717) is 0 Å². The van der Waals surface area contributed by atoms with Crippen molar-refractivity contribution in [3.05, 3.63) is 69.0 Å². The van der Waals surface area contributed by atoms with Crippen LogP contribution in [0.3, 0.4) is 0 Å². The molecule has 12 aromatic rings. The maximum Gasteiger partial charge on any atom is 0.325 e. The predicted octanol–water partition coefficient (Wildman–Crippen LogP) is -2.28. The van der Waals surface area contributed by atoms with Crippen LogP contribution in [-0.2, 0) is 154 Å². The molecular weight excluding hydrogens is 2070 g/mol. The molecule has 0 aromatic carbocycles. The van der Waals surface area contributed by atoms with E-state index in [2.05, 4.69) is 106 Å². The number of halogens is 6. The fourth-order valence-electron chi connectivity index (χ4n) is 15.3. The molecule has 12 aromatic heterocycles. The third-order valence-corrected chi connectivity index (χ3v) is 30.7. The van der Waals surface area contributed by atoms with Crippen molar-refractivity contribution in [2.24, 2.45) is 0 Å². The maximum atomic E-state index is 16.0. The van der Waals surface area contributed by atoms with Gasteiger partial charge in [-0.05, 0) is 70.8 Å². The van der Waals surface area contributed by atoms with Crippen molar-refractivity contribution in [2.75, 3.05) is 74.0 Å². The Labute approximate surface area is 771 Å². The number of aromatic nitrogens is 27. The standard InChI is InChI=1S/3C19H21F2N11O9P2S2/c3*20-7-5-1-36-42(34,44)40-11-6(39-17(8(11)21)31-4-26-9-13(22)24-3-25-14(9)31)2-37-43(35,45)41-12(7)18(38-5)32-15-10(29-30-32)16(33)28-19(23)27-15/h3*3-8,11-12,17-18H,1-2H2,(H,34,44)(H,35,45)(H2,22,24,25)(H3,23,27,28,33)/t3*5-,6-,7-,8+,11-,12-,17-,18-,42?,43?/m111/s1. The van der Waals surface area contributed by atoms with Crippen molar-refractivity contribution >= 4 is 213 Å². The first-order valence-corrected chi connectivity index (χ1v) is 53.8. The van der Waals surface area contributed by atoms with Gasteiger partial charge in [-0.1, -0.05) is 15.6 Å². The van der Waals surface area contributed by atoms with Crippen LogP contribution in [-0.4, -0.2) is 313 Å². The largest absolute Gasteiger partial charge is 0.382 e. The van der Waals surface area contributed by atoms with Crippen LogP contribution in [0.5, 0.6) is 0 Å². The summed E-state index contributed by atoms with van der Waals surface area (Å²) in [5.74, 6) is -0.772. The molecule has 0 radical (unpaired) electrons. The zero-order chi connectivity index (χ0) is 95.5. The van der Waals surface area contributed by atoms with Gasteiger partial charge in [0.25, 0.3) is 16.7 Å². The number of nitrogens with one attached hydrogen (secondary N) is 3. The molecule has 0 saturated carbocycles. The molecule has 9 aliphatic heterocycles. The van der Waals surface area contributed by atoms with Crippen LogP contribution in [0.25, 0.3) is 67.0 Å². The van der Waals surface area contributed by atoms with Crippen LogP contribution < -0.4 is 51.1 Å². The Morgan fingerprint density at radius 1 is 0.311 bits per heavy atom. The van der Waals surface area contributed by atoms with E-state index in [1.54, 1.807) is 0 Å². The Morgan fingerprint density at radius 2 is 0.541 bits per heavy atom. The van der Waals surface area contributed by atoms with Gasteiger partial charge in [0.15, 0.2) is 142 Å². The van der Waals surface area contributed by atoms with Gasteiger partial charge in [-0.15, -0.1) is 15.3 Å². The van der Waals surface area contributed by atoms with Gasteiger partial charge in [0.1, 0.15) is 109 Å². The number of nitrogens with zero attached hydrogens (tertiary/aromatic N) is 24. The van der Waals surface area contributed by atoms with E-state index in [1.165, 1.54) is 32.7 Å². The summed E-state index contributed by atoms with van der Waals surface area (Å²) in [4.78, 5) is 157. The monoisotopic (exact) mass is 2130 g/mol. The Hall–Kier alpha value is -8.19. The minimum absolute atomic E-state index is 0.0398. The highest BCUT2D eigenvalue weighted by molar-refractivity contribution is 8.08. The lowest BCUT2D eigenvalue weighted by Gasteiger charge is -2.27. The lowest BCUT2D eigenvalue weighted by Crippen LogP contribution is -2.34. The summed E-state index contributed by atoms with van der Waals surface area (Å²) in [6, 6.07) is 0. The number of aromatic amines is 3. The Balaban J connectivity index is 0.000000130. The van der Waals surface area contributed by atoms with E-state index in [9.17, 15) is 43.7 Å². The minimum atomic E-state index is -4.38. The smallest absolute Gasteiger partial charge is 0.325 e. The second kappa shape index (κ2) is 36.5. The van der Waals surface area contributed by atoms with Crippen LogP contribution >= 0.6 is 40.3 Å². The second-order valence-corrected chi connectivity index (χ2v) is 46.5. The maximum absolute atomic E-state index is 16.0. The van der Waals surface area contributed by atoms with Gasteiger partial charge in [-0.25, -0.2) is 71.2 Å². The molecule has 60 nitrogen and oxygen atoms in total. The summed E-state index contributed by atoms with van der Waals surface area (Å²) in [5, 5.41) is 22.7. The molecule has 726 valence electrons. The van der Waals surface area contributed by atoms with Gasteiger partial charge in [0.2, 0.25) is 17.8 Å². The van der Waals surface area contributed by atoms with E-state index in [-0.39, 0.29) is 102 Å². The van der Waals surface area contributed by atoms with Gasteiger partial charge in [0.05, 0.1) is 58.6 Å². The topological polar surface area (TPSA) is 804 Å². The van der Waals surface area contributed by atoms with Gasteiger partial charge in [-0.3, -0.25) is 70.2 Å². The van der Waals surface area contributed by atoms with Crippen LogP contribution in [0.15, 0.2) is 52.3 Å². The number of fused-ring (bicyclic) bond motifs is 15. The van der Waals surface area contributed by atoms with Crippen molar-refractivity contribution < 1.29 is 138 Å². The molecule has 9 saturated heterocycles. The highest BCUT2D eigenvalue weighted by atomic mass is 32.5. The molecule has 21 rings (SSSR count). The molecule has 78 heteroatoms. The first-order chi connectivity index (χ1) is 63.9. The average Bonchev–Trinajstić information content (AvgIpc) is 1.63. The molecule has 0 spiro atoms. The number of ether oxygens (including phenoxy) is 6. The molecule has 0 amide bonds. The van der Waals surface area contributed by atoms with Gasteiger partial charge in [-0.2, -0.15) is 29.0 Å². The predicted molar refractivity (Wildman–Crippen MR) is 457 cm³/mol. The minimum Gasteiger partial charge on any atom is -0.382 e. The van der Waals surface area contributed by atoms with Crippen molar-refractivity contribution in [3.8, 4) is 0 Å². The number of nitrogen functional groups attached to an aromatic ring is 6. The molecule has 6 unspecified atom stereocenters. The first-order valence-electron chi connectivity index (χ1n) is 38.3. The van der Waals surface area contributed by atoms with Crippen LogP contribution in [0, 0.1) is 0 Å². The number of H-pyrrole nitrogens is 3. The normalized spacial score (nSPS) is 37.7. The van der Waals surface area contributed by atoms with Crippen molar-refractivity contribution in [2.45, 2.75) is 148 Å². The van der Waals surface area contributed by atoms with E-state index in [0.717, 1.165) is 33.0 Å². The molecule has 30 atom stereocenters. The second-order valence-electron chi connectivity index (χ2n) is 29.8. The summed E-state index contributed by atoms with van der Waals surface area (Å²) in [7, 11) is 0. The van der Waals surface area contributed by atoms with Crippen molar-refractivity contribution in [3.63, 3.8) is 0 Å². The zero-order valence-electron chi connectivity index (χ0n) is 66.4. The van der Waals surface area contributed by atoms with Crippen LogP contribution in [0.2, 0.25) is 0 Å². The lowest BCUT2D eigenvalue weighted by molar-refractivity contribution is -0.0639. The summed E-state index contributed by atoms with van der Waals surface area (Å²) in [5.41, 5.74) is 31.8. The van der Waals surface area contributed by atoms with E-state index >= 15 is 26.3 Å². The number of nitrogens with two attached hydrogens (primary N) is 6. The number of hydrogen-bond donors (Lipinski definition) is 15. The number of anilines is 6. The first kappa shape index (κ1) is 95.7. The highest BCUT2D eigenvalue weighted by Crippen LogP contribution is 2.60. The molecule has 21 N–H and O–H groups in total. The summed E-state index contributed by atoms with van der Waals surface area (Å²) in [6.45, 7) is -30.3. The molecular formula is C57H63F6N33O27P6S6. The number of rotatable bonds is 6. The quantitative estimate of drug-likeness (QED) is 0.0616. The SMILES string of the molecule is Nc1nc2c(nnn2[C@@H]2O[C@@H]3COP(O)(=S)O[C@H]4[C@H](F)[C@H](n5cnc6c(N)ncnc65)O[C@@H]4COP(O)(=S)O[C@@H]2[C@@H]3F)c(=O)[nH]1.Nc1nc2c(nnn2[C@@H]2O[C@@H]3COP(O)(=S)O[C@H]4[C@H](F)[C@H](n5cnc6c(N)ncnc65)O[C@@H]4COP(O)(=S)O[C@@H]2[C@@H]3F)c(=O)[nH]1.Nc1nc2c(nnn2[C@@H]2O[C@@H]3COP(O)(=S)O[C@H]4[C@H](F)[C@H](n5cnc6c(N)ncnc65)O[C@@H]4COP(O)(=S)O[C@@H]2[C@@H]3F)c(=O)[nH]1. The van der Waals surface area contributed by atoms with Crippen molar-refractivity contribution in [1.29, 1.82) is 0 Å². The third kappa shape index (κ3) is 18.6.